The summed E-state index contributed by atoms with van der Waals surface area (Å²) >= 11 is 0. The Balaban J connectivity index is 2.51. The van der Waals surface area contributed by atoms with Gasteiger partial charge in [-0.2, -0.15) is 0 Å². The molecule has 1 aromatic rings. The molecule has 0 saturated carbocycles. The minimum Gasteiger partial charge on any atom is -0.326 e. The summed E-state index contributed by atoms with van der Waals surface area (Å²) in [6.07, 6.45) is 0.525. The van der Waals surface area contributed by atoms with Crippen molar-refractivity contribution < 1.29 is 4.79 Å². The fourth-order valence-electron chi connectivity index (χ4n) is 1.25. The molecule has 1 heterocycles. The average Bonchev–Trinajstić information content (AvgIpc) is 2.27. The van der Waals surface area contributed by atoms with Crippen molar-refractivity contribution in [1.82, 2.24) is 0 Å². The molecule has 2 nitrogen and oxygen atoms in total. The molecule has 3 heteroatoms. The molecule has 1 atom stereocenters. The van der Waals surface area contributed by atoms with Crippen LogP contribution in [0, 0.1) is 0 Å². The van der Waals surface area contributed by atoms with Crippen LogP contribution in [0.5, 0.6) is 0 Å². The zero-order valence-electron chi connectivity index (χ0n) is 5.92. The number of amides is 1. The van der Waals surface area contributed by atoms with E-state index in [4.69, 9.17) is 0 Å². The molecule has 2 rings (SSSR count). The molecule has 0 spiro atoms. The monoisotopic (exact) mass is 165 g/mol. The number of hydrogen-bond acceptors (Lipinski definition) is 1. The van der Waals surface area contributed by atoms with Gasteiger partial charge in [0.1, 0.15) is 0 Å². The number of anilines is 1. The summed E-state index contributed by atoms with van der Waals surface area (Å²) < 4.78 is 0. The molecule has 56 valence electrons. The number of carbonyl (C=O) groups is 1. The number of carbonyl (C=O) groups excluding carboxylic acids is 1. The molecular weight excluding hydrogens is 157 g/mol. The highest BCUT2D eigenvalue weighted by Gasteiger charge is 2.16. The number of rotatable bonds is 0. The molecule has 1 aliphatic heterocycles. The fourth-order valence-corrected chi connectivity index (χ4v) is 1.55. The van der Waals surface area contributed by atoms with Gasteiger partial charge in [0.25, 0.3) is 0 Å². The minimum atomic E-state index is 0.0931. The van der Waals surface area contributed by atoms with Gasteiger partial charge in [-0.3, -0.25) is 4.79 Å². The second kappa shape index (κ2) is 2.31. The Kier molecular flexibility index (Phi) is 1.43. The minimum absolute atomic E-state index is 0.0931. The zero-order valence-corrected chi connectivity index (χ0v) is 7.08. The maximum Gasteiger partial charge on any atom is 0.228 e. The Morgan fingerprint density at radius 3 is 3.09 bits per heavy atom. The van der Waals surface area contributed by atoms with Crippen LogP contribution in [-0.4, -0.2) is 5.91 Å². The molecule has 0 fully saturated rings. The van der Waals surface area contributed by atoms with Crippen molar-refractivity contribution in [3.63, 3.8) is 0 Å². The molecule has 1 aromatic carbocycles. The maximum atomic E-state index is 10.9. The lowest BCUT2D eigenvalue weighted by Crippen LogP contribution is -2.03. The van der Waals surface area contributed by atoms with Gasteiger partial charge in [-0.15, -0.1) is 9.24 Å². The number of fused-ring (bicyclic) bond motifs is 1. The molecular formula is C8H8NOP. The van der Waals surface area contributed by atoms with Crippen molar-refractivity contribution in [3.05, 3.63) is 23.8 Å². The number of hydrogen-bond donors (Lipinski definition) is 1. The smallest absolute Gasteiger partial charge is 0.228 e. The first-order valence-electron chi connectivity index (χ1n) is 3.44. The van der Waals surface area contributed by atoms with E-state index in [1.54, 1.807) is 0 Å². The Hall–Kier alpha value is -0.880. The molecule has 0 saturated heterocycles. The average molecular weight is 165 g/mol. The van der Waals surface area contributed by atoms with Gasteiger partial charge < -0.3 is 5.32 Å². The normalized spacial score (nSPS) is 14.5. The van der Waals surface area contributed by atoms with Gasteiger partial charge >= 0.3 is 0 Å². The SMILES string of the molecule is O=C1Cc2cc(P)ccc2N1. The lowest BCUT2D eigenvalue weighted by molar-refractivity contribution is -0.115. The highest BCUT2D eigenvalue weighted by Crippen LogP contribution is 2.21. The first-order chi connectivity index (χ1) is 5.25. The van der Waals surface area contributed by atoms with E-state index in [-0.39, 0.29) is 5.91 Å². The van der Waals surface area contributed by atoms with E-state index in [0.717, 1.165) is 16.6 Å². The van der Waals surface area contributed by atoms with Gasteiger partial charge in [0.15, 0.2) is 0 Å². The van der Waals surface area contributed by atoms with Crippen LogP contribution < -0.4 is 10.6 Å². The van der Waals surface area contributed by atoms with Crippen LogP contribution in [0.3, 0.4) is 0 Å². The second-order valence-corrected chi connectivity index (χ2v) is 3.31. The Bertz CT molecular complexity index is 322. The topological polar surface area (TPSA) is 29.1 Å². The van der Waals surface area contributed by atoms with Crippen LogP contribution in [0.15, 0.2) is 18.2 Å². The molecule has 0 aromatic heterocycles. The van der Waals surface area contributed by atoms with Crippen LogP contribution >= 0.6 is 9.24 Å². The zero-order chi connectivity index (χ0) is 7.84. The quantitative estimate of drug-likeness (QED) is 0.563. The Morgan fingerprint density at radius 2 is 2.27 bits per heavy atom. The summed E-state index contributed by atoms with van der Waals surface area (Å²) in [6, 6.07) is 5.91. The molecule has 1 N–H and O–H groups in total. The first-order valence-corrected chi connectivity index (χ1v) is 4.02. The number of nitrogens with one attached hydrogen (secondary N) is 1. The highest BCUT2D eigenvalue weighted by atomic mass is 31.0. The van der Waals surface area contributed by atoms with Crippen LogP contribution in [0.2, 0.25) is 0 Å². The summed E-state index contributed by atoms with van der Waals surface area (Å²) in [6.45, 7) is 0. The van der Waals surface area contributed by atoms with E-state index in [1.807, 2.05) is 18.2 Å². The molecule has 11 heavy (non-hydrogen) atoms. The van der Waals surface area contributed by atoms with Crippen molar-refractivity contribution in [2.75, 3.05) is 5.32 Å². The summed E-state index contributed by atoms with van der Waals surface area (Å²) in [4.78, 5) is 10.9. The van der Waals surface area contributed by atoms with E-state index in [1.165, 1.54) is 0 Å². The van der Waals surface area contributed by atoms with Crippen molar-refractivity contribution in [3.8, 4) is 0 Å². The predicted molar refractivity (Wildman–Crippen MR) is 48.1 cm³/mol. The Morgan fingerprint density at radius 1 is 1.45 bits per heavy atom. The number of benzene rings is 1. The summed E-state index contributed by atoms with van der Waals surface area (Å²) in [5.41, 5.74) is 2.06. The largest absolute Gasteiger partial charge is 0.326 e. The van der Waals surface area contributed by atoms with Gasteiger partial charge in [-0.05, 0) is 23.0 Å². The van der Waals surface area contributed by atoms with E-state index in [2.05, 4.69) is 14.6 Å². The molecule has 1 amide bonds. The van der Waals surface area contributed by atoms with Crippen LogP contribution in [0.1, 0.15) is 5.56 Å². The van der Waals surface area contributed by atoms with E-state index >= 15 is 0 Å². The van der Waals surface area contributed by atoms with E-state index in [9.17, 15) is 4.79 Å². The third kappa shape index (κ3) is 1.14. The molecule has 1 aliphatic rings. The standard InChI is InChI=1S/C8H8NOP/c10-8-4-5-3-6(11)1-2-7(5)9-8/h1-3H,4,11H2,(H,9,10). The van der Waals surface area contributed by atoms with Gasteiger partial charge in [-0.1, -0.05) is 6.07 Å². The summed E-state index contributed by atoms with van der Waals surface area (Å²) in [5, 5.41) is 3.90. The van der Waals surface area contributed by atoms with Crippen LogP contribution in [0.25, 0.3) is 0 Å². The highest BCUT2D eigenvalue weighted by molar-refractivity contribution is 7.27. The van der Waals surface area contributed by atoms with Gasteiger partial charge in [0.05, 0.1) is 6.42 Å². The lowest BCUT2D eigenvalue weighted by atomic mass is 10.2. The maximum absolute atomic E-state index is 10.9. The second-order valence-electron chi connectivity index (χ2n) is 2.64. The predicted octanol–water partition coefficient (Wildman–Crippen LogP) is 0.682. The molecule has 1 unspecified atom stereocenters. The molecule has 0 radical (unpaired) electrons. The van der Waals surface area contributed by atoms with Crippen LogP contribution in [0.4, 0.5) is 5.69 Å². The van der Waals surface area contributed by atoms with Crippen molar-refractivity contribution >= 4 is 26.1 Å². The van der Waals surface area contributed by atoms with Crippen molar-refractivity contribution in [2.24, 2.45) is 0 Å². The van der Waals surface area contributed by atoms with E-state index in [0.29, 0.717) is 6.42 Å². The van der Waals surface area contributed by atoms with Crippen molar-refractivity contribution in [1.29, 1.82) is 0 Å². The summed E-state index contributed by atoms with van der Waals surface area (Å²) in [5.74, 6) is 0.0931. The third-order valence-corrected chi connectivity index (χ3v) is 2.11. The van der Waals surface area contributed by atoms with Gasteiger partial charge in [0, 0.05) is 5.69 Å². The summed E-state index contributed by atoms with van der Waals surface area (Å²) in [7, 11) is 2.62. The van der Waals surface area contributed by atoms with E-state index < -0.39 is 0 Å². The third-order valence-electron chi connectivity index (χ3n) is 1.75. The Labute approximate surface area is 67.2 Å². The van der Waals surface area contributed by atoms with Crippen LogP contribution in [-0.2, 0) is 11.2 Å². The van der Waals surface area contributed by atoms with Gasteiger partial charge in [0.2, 0.25) is 5.91 Å². The van der Waals surface area contributed by atoms with Gasteiger partial charge in [-0.25, -0.2) is 0 Å². The fraction of sp³-hybridized carbons (Fsp3) is 0.125. The molecule has 0 bridgehead atoms. The molecule has 0 aliphatic carbocycles. The first kappa shape index (κ1) is 6.81. The lowest BCUT2D eigenvalue weighted by Gasteiger charge is -1.97. The van der Waals surface area contributed by atoms with Crippen molar-refractivity contribution in [2.45, 2.75) is 6.42 Å².